The van der Waals surface area contributed by atoms with E-state index < -0.39 is 5.97 Å². The lowest BCUT2D eigenvalue weighted by atomic mass is 9.88. The van der Waals surface area contributed by atoms with Crippen molar-refractivity contribution in [3.05, 3.63) is 83.6 Å². The molecule has 3 aromatic heterocycles. The number of likely N-dealkylation sites (tertiary alicyclic amines) is 1. The maximum atomic E-state index is 11.3. The van der Waals surface area contributed by atoms with Gasteiger partial charge in [0.15, 0.2) is 0 Å². The van der Waals surface area contributed by atoms with Crippen LogP contribution in [0.3, 0.4) is 0 Å². The number of carbonyl (C=O) groups is 1. The number of nitrogens with zero attached hydrogens (tertiary/aromatic N) is 2. The first-order valence-corrected chi connectivity index (χ1v) is 11.3. The molecule has 0 amide bonds. The number of aromatic nitrogens is 2. The average molecular weight is 446 g/mol. The number of rotatable bonds is 8. The largest absolute Gasteiger partial charge is 0.491 e. The number of pyridine rings is 1. The molecule has 0 saturated carbocycles. The minimum Gasteiger partial charge on any atom is -0.491 e. The number of hydrogen-bond acceptors (Lipinski definition) is 5. The van der Waals surface area contributed by atoms with E-state index >= 15 is 0 Å². The Balaban J connectivity index is 1.21. The van der Waals surface area contributed by atoms with Crippen molar-refractivity contribution in [3.63, 3.8) is 0 Å². The molecule has 1 aromatic carbocycles. The predicted molar refractivity (Wildman–Crippen MR) is 125 cm³/mol. The van der Waals surface area contributed by atoms with E-state index in [4.69, 9.17) is 9.15 Å². The summed E-state index contributed by atoms with van der Waals surface area (Å²) in [6, 6.07) is 12.8. The maximum Gasteiger partial charge on any atom is 0.339 e. The highest BCUT2D eigenvalue weighted by molar-refractivity contribution is 5.90. The van der Waals surface area contributed by atoms with Crippen LogP contribution in [0.2, 0.25) is 0 Å². The van der Waals surface area contributed by atoms with Gasteiger partial charge in [-0.2, -0.15) is 0 Å². The van der Waals surface area contributed by atoms with Gasteiger partial charge in [0.1, 0.15) is 29.3 Å². The quantitative estimate of drug-likeness (QED) is 0.408. The van der Waals surface area contributed by atoms with Gasteiger partial charge in [-0.1, -0.05) is 12.1 Å². The van der Waals surface area contributed by atoms with Crippen molar-refractivity contribution in [2.75, 3.05) is 26.2 Å². The standard InChI is InChI=1S/C26H27N3O4/c30-26(31)21-5-1-2-6-23(21)33-15-13-29-11-8-18(9-12-29)22-17-28-25-24(22)19(7-10-27-25)16-20-4-3-14-32-20/h1-7,10,14,17-18H,8-9,11-13,15-16H2,(H,27,28)(H,30,31). The Hall–Kier alpha value is -3.58. The molecule has 0 aliphatic carbocycles. The summed E-state index contributed by atoms with van der Waals surface area (Å²) in [6.07, 6.45) is 8.57. The molecule has 7 nitrogen and oxygen atoms in total. The number of aromatic amines is 1. The summed E-state index contributed by atoms with van der Waals surface area (Å²) in [5.74, 6) is 0.887. The Morgan fingerprint density at radius 1 is 1.18 bits per heavy atom. The van der Waals surface area contributed by atoms with Gasteiger partial charge in [-0.15, -0.1) is 0 Å². The van der Waals surface area contributed by atoms with Gasteiger partial charge in [0.05, 0.1) is 6.26 Å². The van der Waals surface area contributed by atoms with Gasteiger partial charge in [-0.3, -0.25) is 4.90 Å². The van der Waals surface area contributed by atoms with E-state index in [1.807, 2.05) is 18.3 Å². The monoisotopic (exact) mass is 445 g/mol. The topological polar surface area (TPSA) is 91.6 Å². The second-order valence-electron chi connectivity index (χ2n) is 8.46. The third-order valence-corrected chi connectivity index (χ3v) is 6.45. The zero-order valence-electron chi connectivity index (χ0n) is 18.4. The van der Waals surface area contributed by atoms with Gasteiger partial charge in [0.25, 0.3) is 0 Å². The van der Waals surface area contributed by atoms with Crippen LogP contribution in [0.4, 0.5) is 0 Å². The van der Waals surface area contributed by atoms with Crippen molar-refractivity contribution < 1.29 is 19.1 Å². The smallest absolute Gasteiger partial charge is 0.339 e. The molecule has 0 atom stereocenters. The summed E-state index contributed by atoms with van der Waals surface area (Å²) in [4.78, 5) is 21.6. The van der Waals surface area contributed by atoms with Crippen LogP contribution < -0.4 is 4.74 Å². The molecule has 0 bridgehead atoms. The second kappa shape index (κ2) is 9.50. The molecule has 1 saturated heterocycles. The number of carboxylic acids is 1. The van der Waals surface area contributed by atoms with Crippen LogP contribution in [-0.2, 0) is 6.42 Å². The minimum absolute atomic E-state index is 0.203. The van der Waals surface area contributed by atoms with Crippen LogP contribution >= 0.6 is 0 Å². The Kier molecular flexibility index (Phi) is 6.13. The molecule has 1 fully saturated rings. The number of piperidine rings is 1. The predicted octanol–water partition coefficient (Wildman–Crippen LogP) is 4.70. The molecule has 5 rings (SSSR count). The fourth-order valence-corrected chi connectivity index (χ4v) is 4.74. The summed E-state index contributed by atoms with van der Waals surface area (Å²) >= 11 is 0. The van der Waals surface area contributed by atoms with Gasteiger partial charge in [-0.05, 0) is 73.3 Å². The van der Waals surface area contributed by atoms with E-state index in [0.29, 0.717) is 18.3 Å². The first kappa shape index (κ1) is 21.3. The van der Waals surface area contributed by atoms with Crippen LogP contribution in [0.1, 0.15) is 46.0 Å². The summed E-state index contributed by atoms with van der Waals surface area (Å²) < 4.78 is 11.3. The SMILES string of the molecule is O=C(O)c1ccccc1OCCN1CCC(c2c[nH]c3nccc(Cc4ccco4)c23)CC1. The molecule has 2 N–H and O–H groups in total. The van der Waals surface area contributed by atoms with E-state index in [1.54, 1.807) is 30.5 Å². The number of H-pyrrole nitrogens is 1. The van der Waals surface area contributed by atoms with Crippen LogP contribution in [-0.4, -0.2) is 52.2 Å². The van der Waals surface area contributed by atoms with Crippen LogP contribution in [0.25, 0.3) is 11.0 Å². The summed E-state index contributed by atoms with van der Waals surface area (Å²) in [5.41, 5.74) is 3.71. The number of carboxylic acid groups (broad SMARTS) is 1. The van der Waals surface area contributed by atoms with Crippen molar-refractivity contribution in [2.45, 2.75) is 25.2 Å². The Morgan fingerprint density at radius 2 is 2.03 bits per heavy atom. The molecule has 1 aliphatic heterocycles. The number of fused-ring (bicyclic) bond motifs is 1. The Labute approximate surface area is 192 Å². The molecular formula is C26H27N3O4. The summed E-state index contributed by atoms with van der Waals surface area (Å²) in [7, 11) is 0. The minimum atomic E-state index is -0.967. The van der Waals surface area contributed by atoms with Gasteiger partial charge in [0.2, 0.25) is 0 Å². The van der Waals surface area contributed by atoms with E-state index in [0.717, 1.165) is 50.3 Å². The van der Waals surface area contributed by atoms with E-state index in [-0.39, 0.29) is 5.56 Å². The van der Waals surface area contributed by atoms with Gasteiger partial charge < -0.3 is 19.2 Å². The third kappa shape index (κ3) is 4.64. The van der Waals surface area contributed by atoms with Crippen LogP contribution in [0, 0.1) is 0 Å². The molecule has 0 unspecified atom stereocenters. The van der Waals surface area contributed by atoms with Crippen molar-refractivity contribution in [3.8, 4) is 5.75 Å². The van der Waals surface area contributed by atoms with Crippen molar-refractivity contribution in [2.24, 2.45) is 0 Å². The molecule has 1 aliphatic rings. The maximum absolute atomic E-state index is 11.3. The average Bonchev–Trinajstić information content (AvgIpc) is 3.50. The lowest BCUT2D eigenvalue weighted by Crippen LogP contribution is -2.35. The number of para-hydroxylation sites is 1. The normalized spacial score (nSPS) is 15.2. The fraction of sp³-hybridized carbons (Fsp3) is 0.308. The summed E-state index contributed by atoms with van der Waals surface area (Å²) in [5, 5.41) is 10.5. The zero-order valence-corrected chi connectivity index (χ0v) is 18.4. The lowest BCUT2D eigenvalue weighted by molar-refractivity contribution is 0.0691. The summed E-state index contributed by atoms with van der Waals surface area (Å²) in [6.45, 7) is 3.21. The van der Waals surface area contributed by atoms with Crippen LogP contribution in [0.5, 0.6) is 5.75 Å². The third-order valence-electron chi connectivity index (χ3n) is 6.45. The molecule has 0 spiro atoms. The lowest BCUT2D eigenvalue weighted by Gasteiger charge is -2.32. The van der Waals surface area contributed by atoms with Crippen molar-refractivity contribution in [1.29, 1.82) is 0 Å². The first-order chi connectivity index (χ1) is 16.2. The number of aromatic carboxylic acids is 1. The van der Waals surface area contributed by atoms with Gasteiger partial charge in [0, 0.05) is 30.7 Å². The molecule has 33 heavy (non-hydrogen) atoms. The first-order valence-electron chi connectivity index (χ1n) is 11.3. The van der Waals surface area contributed by atoms with Gasteiger partial charge in [-0.25, -0.2) is 9.78 Å². The molecule has 7 heteroatoms. The fourth-order valence-electron chi connectivity index (χ4n) is 4.74. The van der Waals surface area contributed by atoms with Gasteiger partial charge >= 0.3 is 5.97 Å². The second-order valence-corrected chi connectivity index (χ2v) is 8.46. The Bertz CT molecular complexity index is 1220. The van der Waals surface area contributed by atoms with Crippen molar-refractivity contribution >= 4 is 17.0 Å². The number of hydrogen-bond donors (Lipinski definition) is 2. The zero-order chi connectivity index (χ0) is 22.6. The number of furan rings is 1. The highest BCUT2D eigenvalue weighted by Gasteiger charge is 2.24. The van der Waals surface area contributed by atoms with E-state index in [9.17, 15) is 9.90 Å². The highest BCUT2D eigenvalue weighted by atomic mass is 16.5. The molecular weight excluding hydrogens is 418 g/mol. The number of ether oxygens (including phenoxy) is 1. The van der Waals surface area contributed by atoms with Crippen LogP contribution in [0.15, 0.2) is 65.5 Å². The molecule has 4 heterocycles. The highest BCUT2D eigenvalue weighted by Crippen LogP contribution is 2.35. The number of nitrogens with one attached hydrogen (secondary N) is 1. The van der Waals surface area contributed by atoms with E-state index in [2.05, 4.69) is 27.1 Å². The van der Waals surface area contributed by atoms with E-state index in [1.165, 1.54) is 16.5 Å². The molecule has 4 aromatic rings. The molecule has 170 valence electrons. The molecule has 0 radical (unpaired) electrons. The Morgan fingerprint density at radius 3 is 2.82 bits per heavy atom. The number of benzene rings is 1. The van der Waals surface area contributed by atoms with Crippen molar-refractivity contribution in [1.82, 2.24) is 14.9 Å².